The summed E-state index contributed by atoms with van der Waals surface area (Å²) >= 11 is 0. The number of hydrogen-bond acceptors (Lipinski definition) is 0. The van der Waals surface area contributed by atoms with E-state index in [2.05, 4.69) is 208 Å². The van der Waals surface area contributed by atoms with Crippen molar-refractivity contribution < 1.29 is 44.8 Å². The van der Waals surface area contributed by atoms with Crippen molar-refractivity contribution >= 4 is 80.2 Å². The van der Waals surface area contributed by atoms with Crippen LogP contribution in [0.4, 0.5) is 0 Å². The van der Waals surface area contributed by atoms with E-state index in [1.807, 2.05) is 48.5 Å². The average Bonchev–Trinajstić information content (AvgIpc) is 3.32. The molecule has 0 saturated heterocycles. The van der Waals surface area contributed by atoms with Gasteiger partial charge in [0, 0.05) is 13.8 Å². The molecule has 312 valence electrons. The predicted molar refractivity (Wildman–Crippen MR) is 270 cm³/mol. The summed E-state index contributed by atoms with van der Waals surface area (Å²) in [7, 11) is -2.05. The normalized spacial score (nSPS) is 10.7. The summed E-state index contributed by atoms with van der Waals surface area (Å²) < 4.78 is 0. The third-order valence-corrected chi connectivity index (χ3v) is 19.0. The first-order valence-corrected chi connectivity index (χ1v) is 23.6. The molecule has 0 atom stereocenters. The van der Waals surface area contributed by atoms with Crippen molar-refractivity contribution in [1.29, 1.82) is 0 Å². The molecule has 0 N–H and O–H groups in total. The smallest absolute Gasteiger partial charge is 0.366 e. The first kappa shape index (κ1) is 47.2. The minimum absolute atomic E-state index is 0. The van der Waals surface area contributed by atoms with E-state index in [0.29, 0.717) is 0 Å². The predicted octanol–water partition coefficient (Wildman–Crippen LogP) is 13.3. The van der Waals surface area contributed by atoms with Crippen LogP contribution in [0.5, 0.6) is 0 Å². The van der Waals surface area contributed by atoms with Crippen LogP contribution in [0.3, 0.4) is 0 Å². The molecule has 0 unspecified atom stereocenters. The van der Waals surface area contributed by atoms with Gasteiger partial charge < -0.3 is 12.8 Å². The number of fused-ring (bicyclic) bond motifs is 6. The maximum atomic E-state index is 7.35. The number of rotatable bonds is 6. The molecule has 4 heteroatoms. The van der Waals surface area contributed by atoms with Gasteiger partial charge in [-0.3, -0.25) is 11.8 Å². The SMILES string of the molecule is CC(C)([PH+](c1ccccc1)c1ccccc1)[PH+](c1ccccc1)c1ccccc1.[Ag+].[Ag+].[C-]#Cc1cccc2ccc3ccccc3c12.[C-]#Cc1cccc2ccc3ccccc3c12. The van der Waals surface area contributed by atoms with Crippen molar-refractivity contribution in [2.75, 3.05) is 0 Å². The van der Waals surface area contributed by atoms with Gasteiger partial charge in [0.1, 0.15) is 37.1 Å². The van der Waals surface area contributed by atoms with E-state index in [1.54, 1.807) is 0 Å². The molecular formula is C59H46Ag2P2+2. The first-order valence-electron chi connectivity index (χ1n) is 20.6. The van der Waals surface area contributed by atoms with Crippen LogP contribution in [0.2, 0.25) is 0 Å². The van der Waals surface area contributed by atoms with E-state index >= 15 is 0 Å². The molecule has 10 aromatic carbocycles. The van der Waals surface area contributed by atoms with E-state index in [0.717, 1.165) is 32.7 Å². The molecule has 0 heterocycles. The molecule has 0 aliphatic heterocycles. The van der Waals surface area contributed by atoms with Crippen LogP contribution in [0, 0.1) is 24.7 Å². The minimum atomic E-state index is -1.02. The fourth-order valence-electron chi connectivity index (χ4n) is 8.65. The van der Waals surface area contributed by atoms with Crippen molar-refractivity contribution in [3.8, 4) is 11.8 Å². The van der Waals surface area contributed by atoms with Crippen molar-refractivity contribution in [3.05, 3.63) is 254 Å². The maximum absolute atomic E-state index is 7.35. The molecule has 0 radical (unpaired) electrons. The molecule has 0 spiro atoms. The van der Waals surface area contributed by atoms with Crippen LogP contribution >= 0.6 is 15.8 Å². The van der Waals surface area contributed by atoms with Gasteiger partial charge in [0.05, 0.1) is 0 Å². The van der Waals surface area contributed by atoms with Crippen molar-refractivity contribution in [1.82, 2.24) is 0 Å². The summed E-state index contributed by atoms with van der Waals surface area (Å²) in [6.07, 6.45) is 14.7. The first-order chi connectivity index (χ1) is 30.0. The Morgan fingerprint density at radius 2 is 0.587 bits per heavy atom. The van der Waals surface area contributed by atoms with Crippen LogP contribution in [-0.2, 0) is 44.8 Å². The molecule has 10 aromatic rings. The molecule has 0 aliphatic carbocycles. The fourth-order valence-corrected chi connectivity index (χ4v) is 17.0. The molecule has 63 heavy (non-hydrogen) atoms. The van der Waals surface area contributed by atoms with Gasteiger partial charge >= 0.3 is 44.8 Å². The number of benzene rings is 10. The minimum Gasteiger partial charge on any atom is -0.366 e. The van der Waals surface area contributed by atoms with Gasteiger partial charge in [-0.1, -0.05) is 181 Å². The third kappa shape index (κ3) is 10.6. The van der Waals surface area contributed by atoms with Gasteiger partial charge in [-0.05, 0) is 80.8 Å². The number of hydrogen-bond donors (Lipinski definition) is 0. The zero-order valence-corrected chi connectivity index (χ0v) is 40.0. The summed E-state index contributed by atoms with van der Waals surface area (Å²) in [5, 5.41) is 15.3. The van der Waals surface area contributed by atoms with Crippen molar-refractivity contribution in [2.45, 2.75) is 18.7 Å². The van der Waals surface area contributed by atoms with Gasteiger partial charge in [0.2, 0.25) is 0 Å². The van der Waals surface area contributed by atoms with Crippen LogP contribution in [-0.4, -0.2) is 4.90 Å². The largest absolute Gasteiger partial charge is 1.00 e. The fraction of sp³-hybridized carbons (Fsp3) is 0.0508. The zero-order chi connectivity index (χ0) is 42.0. The Kier molecular flexibility index (Phi) is 16.7. The van der Waals surface area contributed by atoms with Gasteiger partial charge in [0.15, 0.2) is 4.90 Å². The van der Waals surface area contributed by atoms with Crippen molar-refractivity contribution in [2.24, 2.45) is 0 Å². The van der Waals surface area contributed by atoms with Crippen LogP contribution in [0.1, 0.15) is 25.0 Å². The molecule has 0 aromatic heterocycles. The Labute approximate surface area is 406 Å². The summed E-state index contributed by atoms with van der Waals surface area (Å²) in [5.74, 6) is 5.02. The molecule has 0 saturated carbocycles. The van der Waals surface area contributed by atoms with Crippen LogP contribution < -0.4 is 21.2 Å². The summed E-state index contributed by atoms with van der Waals surface area (Å²) in [4.78, 5) is 0.154. The molecule has 0 amide bonds. The second-order valence-electron chi connectivity index (χ2n) is 15.5. The quantitative estimate of drug-likeness (QED) is 0.0512. The Morgan fingerprint density at radius 1 is 0.317 bits per heavy atom. The van der Waals surface area contributed by atoms with E-state index in [4.69, 9.17) is 12.8 Å². The molecule has 10 rings (SSSR count). The van der Waals surface area contributed by atoms with E-state index in [-0.39, 0.29) is 49.7 Å². The Hall–Kier alpha value is -5.30. The molecule has 0 aliphatic rings. The molecule has 0 nitrogen and oxygen atoms in total. The second kappa shape index (κ2) is 22.4. The summed E-state index contributed by atoms with van der Waals surface area (Å²) in [6.45, 7) is 5.02. The standard InChI is InChI=1S/C27H26P2.2C16H9.2Ag/c1-27(2,28(23-15-7-3-8-16-23)24-17-9-4-10-18-24)29(25-19-11-5-12-20-25)26-21-13-6-14-22-26;2*1-2-12-7-5-8-14-11-10-13-6-3-4-9-15(13)16(12)14;;/h3-22H,1-2H3;2*3-11H;;/q;2*-1;2*+1/p+2. The zero-order valence-electron chi connectivity index (χ0n) is 35.0. The monoisotopic (exact) mass is 1030 g/mol. The second-order valence-corrected chi connectivity index (χ2v) is 22.3. The van der Waals surface area contributed by atoms with Gasteiger partial charge in [-0.2, -0.15) is 0 Å². The van der Waals surface area contributed by atoms with Gasteiger partial charge in [-0.25, -0.2) is 0 Å². The van der Waals surface area contributed by atoms with Crippen LogP contribution in [0.25, 0.3) is 43.1 Å². The molecule has 0 bridgehead atoms. The Morgan fingerprint density at radius 3 is 0.905 bits per heavy atom. The van der Waals surface area contributed by atoms with E-state index < -0.39 is 15.8 Å². The topological polar surface area (TPSA) is 0 Å². The average molecular weight is 1030 g/mol. The van der Waals surface area contributed by atoms with E-state index in [9.17, 15) is 0 Å². The van der Waals surface area contributed by atoms with E-state index in [1.165, 1.54) is 42.8 Å². The van der Waals surface area contributed by atoms with Crippen LogP contribution in [0.15, 0.2) is 231 Å². The van der Waals surface area contributed by atoms with Gasteiger partial charge in [0.25, 0.3) is 0 Å². The van der Waals surface area contributed by atoms with Gasteiger partial charge in [-0.15, -0.1) is 23.3 Å². The molecule has 0 fully saturated rings. The summed E-state index contributed by atoms with van der Waals surface area (Å²) in [6, 6.07) is 81.6. The molecular weight excluding hydrogens is 986 g/mol. The maximum Gasteiger partial charge on any atom is 1.00 e. The Balaban J connectivity index is 0.000000166. The Bertz CT molecular complexity index is 2840. The third-order valence-electron chi connectivity index (χ3n) is 11.3. The summed E-state index contributed by atoms with van der Waals surface area (Å²) in [5.41, 5.74) is 1.71. The van der Waals surface area contributed by atoms with Crippen molar-refractivity contribution in [3.63, 3.8) is 0 Å².